The van der Waals surface area contributed by atoms with Crippen molar-refractivity contribution in [1.29, 1.82) is 0 Å². The minimum atomic E-state index is -0.207. The lowest BCUT2D eigenvalue weighted by Crippen LogP contribution is -2.34. The maximum Gasteiger partial charge on any atom is 0.319 e. The topological polar surface area (TPSA) is 69.5 Å². The highest BCUT2D eigenvalue weighted by Gasteiger charge is 2.18. The van der Waals surface area contributed by atoms with Crippen LogP contribution in [0.15, 0.2) is 54.7 Å². The molecule has 2 amide bonds. The molecular formula is C26H34N4O2. The van der Waals surface area contributed by atoms with Crippen molar-refractivity contribution in [1.82, 2.24) is 9.88 Å². The van der Waals surface area contributed by atoms with Crippen molar-refractivity contribution < 1.29 is 9.90 Å². The fourth-order valence-corrected chi connectivity index (χ4v) is 4.39. The lowest BCUT2D eigenvalue weighted by atomic mass is 9.97. The van der Waals surface area contributed by atoms with Crippen LogP contribution in [-0.2, 0) is 13.1 Å². The molecule has 2 aromatic carbocycles. The molecule has 0 unspecified atom stereocenters. The Morgan fingerprint density at radius 2 is 1.84 bits per heavy atom. The number of nitrogens with one attached hydrogen (secondary N) is 2. The molecule has 1 saturated heterocycles. The standard InChI is InChI=1S/C26H34N4O2/c1-19(2)17-30-14-11-22-15-23(5-8-25(22)30)28-26(32)27-16-20-3-6-24(7-4-20)29-12-9-21(18-31)10-13-29/h3-8,11,14-15,19,21,31H,9-10,12-13,16-18H2,1-2H3,(H2,27,28,32). The lowest BCUT2D eigenvalue weighted by molar-refractivity contribution is 0.203. The first kappa shape index (κ1) is 22.2. The first-order valence-corrected chi connectivity index (χ1v) is 11.6. The Morgan fingerprint density at radius 3 is 2.53 bits per heavy atom. The molecule has 0 radical (unpaired) electrons. The molecule has 3 aromatic rings. The van der Waals surface area contributed by atoms with E-state index in [1.54, 1.807) is 0 Å². The summed E-state index contributed by atoms with van der Waals surface area (Å²) in [5.41, 5.74) is 4.24. The highest BCUT2D eigenvalue weighted by Crippen LogP contribution is 2.24. The van der Waals surface area contributed by atoms with Gasteiger partial charge in [0.1, 0.15) is 0 Å². The third-order valence-corrected chi connectivity index (χ3v) is 6.22. The van der Waals surface area contributed by atoms with Crippen LogP contribution in [0.25, 0.3) is 10.9 Å². The van der Waals surface area contributed by atoms with Gasteiger partial charge in [-0.25, -0.2) is 4.79 Å². The van der Waals surface area contributed by atoms with E-state index in [9.17, 15) is 9.90 Å². The van der Waals surface area contributed by atoms with Gasteiger partial charge in [0.25, 0.3) is 0 Å². The van der Waals surface area contributed by atoms with Crippen LogP contribution in [0, 0.1) is 11.8 Å². The van der Waals surface area contributed by atoms with Gasteiger partial charge < -0.3 is 25.2 Å². The van der Waals surface area contributed by atoms with Crippen LogP contribution in [0.2, 0.25) is 0 Å². The number of hydrogen-bond donors (Lipinski definition) is 3. The molecule has 0 bridgehead atoms. The second-order valence-corrected chi connectivity index (χ2v) is 9.22. The van der Waals surface area contributed by atoms with E-state index in [1.807, 2.05) is 12.1 Å². The largest absolute Gasteiger partial charge is 0.396 e. The molecule has 6 heteroatoms. The van der Waals surface area contributed by atoms with E-state index < -0.39 is 0 Å². The molecule has 1 aliphatic rings. The summed E-state index contributed by atoms with van der Waals surface area (Å²) in [6.07, 6.45) is 4.18. The van der Waals surface area contributed by atoms with Crippen LogP contribution >= 0.6 is 0 Å². The van der Waals surface area contributed by atoms with Crippen LogP contribution in [0.4, 0.5) is 16.2 Å². The summed E-state index contributed by atoms with van der Waals surface area (Å²) in [5, 5.41) is 16.3. The number of anilines is 2. The van der Waals surface area contributed by atoms with Gasteiger partial charge >= 0.3 is 6.03 Å². The number of amides is 2. The van der Waals surface area contributed by atoms with Crippen LogP contribution < -0.4 is 15.5 Å². The number of aliphatic hydroxyl groups excluding tert-OH is 1. The van der Waals surface area contributed by atoms with Gasteiger partial charge in [-0.1, -0.05) is 26.0 Å². The van der Waals surface area contributed by atoms with E-state index in [4.69, 9.17) is 0 Å². The Kier molecular flexibility index (Phi) is 7.00. The van der Waals surface area contributed by atoms with Crippen molar-refractivity contribution in [3.8, 4) is 0 Å². The third-order valence-electron chi connectivity index (χ3n) is 6.22. The van der Waals surface area contributed by atoms with Crippen molar-refractivity contribution in [3.63, 3.8) is 0 Å². The Hall–Kier alpha value is -2.99. The summed E-state index contributed by atoms with van der Waals surface area (Å²) in [6.45, 7) is 8.13. The Bertz CT molecular complexity index is 1030. The van der Waals surface area contributed by atoms with Crippen molar-refractivity contribution in [2.75, 3.05) is 29.9 Å². The first-order chi connectivity index (χ1) is 15.5. The zero-order valence-electron chi connectivity index (χ0n) is 19.1. The molecule has 1 fully saturated rings. The monoisotopic (exact) mass is 434 g/mol. The van der Waals surface area contributed by atoms with Gasteiger partial charge in [0, 0.05) is 61.3 Å². The quantitative estimate of drug-likeness (QED) is 0.499. The SMILES string of the molecule is CC(C)Cn1ccc2cc(NC(=O)NCc3ccc(N4CCC(CO)CC4)cc3)ccc21. The van der Waals surface area contributed by atoms with E-state index >= 15 is 0 Å². The smallest absolute Gasteiger partial charge is 0.319 e. The highest BCUT2D eigenvalue weighted by atomic mass is 16.3. The molecule has 2 heterocycles. The molecule has 0 atom stereocenters. The number of aliphatic hydroxyl groups is 1. The molecule has 4 rings (SSSR count). The average Bonchev–Trinajstić information content (AvgIpc) is 3.19. The molecule has 1 aliphatic heterocycles. The summed E-state index contributed by atoms with van der Waals surface area (Å²) in [4.78, 5) is 14.8. The molecule has 32 heavy (non-hydrogen) atoms. The number of hydrogen-bond acceptors (Lipinski definition) is 3. The summed E-state index contributed by atoms with van der Waals surface area (Å²) < 4.78 is 2.25. The number of rotatable bonds is 7. The zero-order valence-corrected chi connectivity index (χ0v) is 19.1. The van der Waals surface area contributed by atoms with Gasteiger partial charge in [-0.05, 0) is 66.6 Å². The highest BCUT2D eigenvalue weighted by molar-refractivity contribution is 5.92. The fraction of sp³-hybridized carbons (Fsp3) is 0.423. The number of aromatic nitrogens is 1. The van der Waals surface area contributed by atoms with E-state index in [0.717, 1.165) is 49.1 Å². The molecule has 0 aliphatic carbocycles. The second kappa shape index (κ2) is 10.1. The van der Waals surface area contributed by atoms with Crippen LogP contribution in [0.1, 0.15) is 32.3 Å². The number of urea groups is 1. The normalized spacial score (nSPS) is 14.8. The summed E-state index contributed by atoms with van der Waals surface area (Å²) >= 11 is 0. The minimum Gasteiger partial charge on any atom is -0.396 e. The number of nitrogens with zero attached hydrogens (tertiary/aromatic N) is 2. The summed E-state index contributed by atoms with van der Waals surface area (Å²) in [7, 11) is 0. The maximum atomic E-state index is 12.4. The molecule has 0 saturated carbocycles. The van der Waals surface area contributed by atoms with Crippen LogP contribution in [0.3, 0.4) is 0 Å². The minimum absolute atomic E-state index is 0.207. The average molecular weight is 435 g/mol. The lowest BCUT2D eigenvalue weighted by Gasteiger charge is -2.33. The number of carbonyl (C=O) groups is 1. The van der Waals surface area contributed by atoms with Crippen molar-refractivity contribution in [3.05, 3.63) is 60.3 Å². The molecule has 3 N–H and O–H groups in total. The second-order valence-electron chi connectivity index (χ2n) is 9.22. The van der Waals surface area contributed by atoms with Gasteiger partial charge in [-0.15, -0.1) is 0 Å². The van der Waals surface area contributed by atoms with Gasteiger partial charge in [-0.2, -0.15) is 0 Å². The third kappa shape index (κ3) is 5.43. The first-order valence-electron chi connectivity index (χ1n) is 11.6. The number of piperidine rings is 1. The van der Waals surface area contributed by atoms with E-state index in [0.29, 0.717) is 25.0 Å². The van der Waals surface area contributed by atoms with Crippen molar-refractivity contribution in [2.24, 2.45) is 11.8 Å². The predicted octanol–water partition coefficient (Wildman–Crippen LogP) is 4.83. The van der Waals surface area contributed by atoms with Crippen LogP contribution in [-0.4, -0.2) is 35.4 Å². The fourth-order valence-electron chi connectivity index (χ4n) is 4.39. The summed E-state index contributed by atoms with van der Waals surface area (Å²) in [6, 6.07) is 16.3. The Balaban J connectivity index is 1.28. The summed E-state index contributed by atoms with van der Waals surface area (Å²) in [5.74, 6) is 1.02. The molecular weight excluding hydrogens is 400 g/mol. The van der Waals surface area contributed by atoms with Crippen molar-refractivity contribution in [2.45, 2.75) is 39.8 Å². The number of benzene rings is 2. The molecule has 1 aromatic heterocycles. The van der Waals surface area contributed by atoms with Crippen molar-refractivity contribution >= 4 is 28.3 Å². The Labute approximate surface area is 190 Å². The van der Waals surface area contributed by atoms with E-state index in [-0.39, 0.29) is 6.03 Å². The van der Waals surface area contributed by atoms with Gasteiger partial charge in [0.15, 0.2) is 0 Å². The Morgan fingerprint density at radius 1 is 1.09 bits per heavy atom. The van der Waals surface area contributed by atoms with Gasteiger partial charge in [0.2, 0.25) is 0 Å². The predicted molar refractivity (Wildman–Crippen MR) is 131 cm³/mol. The molecule has 0 spiro atoms. The van der Waals surface area contributed by atoms with Crippen LogP contribution in [0.5, 0.6) is 0 Å². The van der Waals surface area contributed by atoms with Gasteiger partial charge in [0.05, 0.1) is 0 Å². The van der Waals surface area contributed by atoms with Gasteiger partial charge in [-0.3, -0.25) is 0 Å². The number of carbonyl (C=O) groups excluding carboxylic acids is 1. The molecule has 6 nitrogen and oxygen atoms in total. The van der Waals surface area contributed by atoms with E-state index in [2.05, 4.69) is 76.5 Å². The number of fused-ring (bicyclic) bond motifs is 1. The zero-order chi connectivity index (χ0) is 22.5. The van der Waals surface area contributed by atoms with E-state index in [1.165, 1.54) is 11.2 Å². The molecule has 170 valence electrons. The maximum absolute atomic E-state index is 12.4.